The topological polar surface area (TPSA) is 29.5 Å². The second-order valence-corrected chi connectivity index (χ2v) is 8.61. The van der Waals surface area contributed by atoms with E-state index in [0.29, 0.717) is 0 Å². The van der Waals surface area contributed by atoms with Crippen LogP contribution in [0, 0.1) is 11.8 Å². The molecule has 1 heterocycles. The molecule has 1 aliphatic carbocycles. The average Bonchev–Trinajstić information content (AvgIpc) is 2.38. The van der Waals surface area contributed by atoms with E-state index in [9.17, 15) is 4.79 Å². The number of piperidine rings is 1. The molecule has 0 atom stereocenters. The normalized spacial score (nSPS) is 29.3. The van der Waals surface area contributed by atoms with E-state index in [4.69, 9.17) is 4.74 Å². The Morgan fingerprint density at radius 3 is 2.00 bits per heavy atom. The summed E-state index contributed by atoms with van der Waals surface area (Å²) in [6.45, 7) is 7.52. The maximum absolute atomic E-state index is 12.0. The highest BCUT2D eigenvalue weighted by Crippen LogP contribution is 2.37. The van der Waals surface area contributed by atoms with E-state index in [1.54, 1.807) is 0 Å². The molecule has 2 fully saturated rings. The quantitative estimate of drug-likeness (QED) is 0.650. The second kappa shape index (κ2) is 6.67. The van der Waals surface area contributed by atoms with Gasteiger partial charge in [-0.3, -0.25) is 0 Å². The lowest BCUT2D eigenvalue weighted by Crippen LogP contribution is -2.43. The zero-order valence-corrected chi connectivity index (χ0v) is 14.6. The van der Waals surface area contributed by atoms with Crippen molar-refractivity contribution in [2.24, 2.45) is 11.8 Å². The van der Waals surface area contributed by atoms with Gasteiger partial charge in [0.15, 0.2) is 0 Å². The highest BCUT2D eigenvalue weighted by molar-refractivity contribution is 9.09. The van der Waals surface area contributed by atoms with Crippen LogP contribution in [0.15, 0.2) is 0 Å². The fourth-order valence-corrected chi connectivity index (χ4v) is 3.96. The molecule has 0 spiro atoms. The lowest BCUT2D eigenvalue weighted by Gasteiger charge is -2.38. The van der Waals surface area contributed by atoms with Crippen molar-refractivity contribution in [3.63, 3.8) is 0 Å². The molecule has 0 radical (unpaired) electrons. The van der Waals surface area contributed by atoms with Crippen molar-refractivity contribution in [2.75, 3.05) is 13.1 Å². The van der Waals surface area contributed by atoms with Crippen LogP contribution in [0.5, 0.6) is 0 Å². The first kappa shape index (κ1) is 16.1. The zero-order valence-electron chi connectivity index (χ0n) is 13.0. The summed E-state index contributed by atoms with van der Waals surface area (Å²) >= 11 is 3.73. The Morgan fingerprint density at radius 2 is 1.50 bits per heavy atom. The van der Waals surface area contributed by atoms with E-state index in [2.05, 4.69) is 15.9 Å². The number of carbonyl (C=O) groups excluding carboxylic acids is 1. The van der Waals surface area contributed by atoms with Gasteiger partial charge < -0.3 is 9.64 Å². The van der Waals surface area contributed by atoms with Crippen LogP contribution in [0.3, 0.4) is 0 Å². The van der Waals surface area contributed by atoms with Gasteiger partial charge in [0.05, 0.1) is 0 Å². The van der Waals surface area contributed by atoms with Crippen LogP contribution in [-0.4, -0.2) is 34.5 Å². The molecule has 0 bridgehead atoms. The highest BCUT2D eigenvalue weighted by atomic mass is 79.9. The molecule has 2 rings (SSSR count). The van der Waals surface area contributed by atoms with Gasteiger partial charge in [0.2, 0.25) is 0 Å². The zero-order chi connectivity index (χ0) is 14.8. The lowest BCUT2D eigenvalue weighted by atomic mass is 9.76. The van der Waals surface area contributed by atoms with Crippen molar-refractivity contribution < 1.29 is 9.53 Å². The molecule has 1 aliphatic heterocycles. The van der Waals surface area contributed by atoms with Gasteiger partial charge in [0.25, 0.3) is 0 Å². The molecule has 20 heavy (non-hydrogen) atoms. The predicted octanol–water partition coefficient (Wildman–Crippen LogP) is 4.59. The Labute approximate surface area is 131 Å². The Balaban J connectivity index is 1.76. The average molecular weight is 346 g/mol. The van der Waals surface area contributed by atoms with Crippen LogP contribution >= 0.6 is 15.9 Å². The highest BCUT2D eigenvalue weighted by Gasteiger charge is 2.32. The molecule has 1 saturated carbocycles. The maximum Gasteiger partial charge on any atom is 0.410 e. The van der Waals surface area contributed by atoms with Crippen molar-refractivity contribution in [1.82, 2.24) is 4.90 Å². The first-order chi connectivity index (χ1) is 9.35. The molecular weight excluding hydrogens is 318 g/mol. The number of ether oxygens (including phenoxy) is 1. The minimum Gasteiger partial charge on any atom is -0.444 e. The van der Waals surface area contributed by atoms with Crippen LogP contribution in [0.1, 0.15) is 59.3 Å². The number of carbonyl (C=O) groups is 1. The summed E-state index contributed by atoms with van der Waals surface area (Å²) in [4.78, 5) is 14.7. The molecule has 0 N–H and O–H groups in total. The molecule has 4 heteroatoms. The number of alkyl halides is 1. The molecule has 0 unspecified atom stereocenters. The summed E-state index contributed by atoms with van der Waals surface area (Å²) in [6, 6.07) is 0. The number of nitrogens with zero attached hydrogens (tertiary/aromatic N) is 1. The van der Waals surface area contributed by atoms with E-state index in [1.165, 1.54) is 25.7 Å². The van der Waals surface area contributed by atoms with Crippen molar-refractivity contribution in [1.29, 1.82) is 0 Å². The third kappa shape index (κ3) is 4.64. The third-order valence-electron chi connectivity index (χ3n) is 4.56. The van der Waals surface area contributed by atoms with Crippen LogP contribution in [0.25, 0.3) is 0 Å². The van der Waals surface area contributed by atoms with Crippen LogP contribution < -0.4 is 0 Å². The van der Waals surface area contributed by atoms with E-state index < -0.39 is 0 Å². The van der Waals surface area contributed by atoms with Gasteiger partial charge in [-0.25, -0.2) is 4.79 Å². The second-order valence-electron chi connectivity index (χ2n) is 7.32. The third-order valence-corrected chi connectivity index (χ3v) is 5.48. The summed E-state index contributed by atoms with van der Waals surface area (Å²) < 4.78 is 5.45. The first-order valence-corrected chi connectivity index (χ1v) is 8.89. The SMILES string of the molecule is CC(C)(C)OC(=O)N1CCC(C2CCC(Br)CC2)CC1. The minimum absolute atomic E-state index is 0.139. The van der Waals surface area contributed by atoms with Gasteiger partial charge in [0, 0.05) is 17.9 Å². The van der Waals surface area contributed by atoms with Crippen LogP contribution in [0.4, 0.5) is 4.79 Å². The standard InChI is InChI=1S/C16H28BrNO2/c1-16(2,3)20-15(19)18-10-8-13(9-11-18)12-4-6-14(17)7-5-12/h12-14H,4-11H2,1-3H3. The monoisotopic (exact) mass is 345 g/mol. The summed E-state index contributed by atoms with van der Waals surface area (Å²) in [6.07, 6.45) is 7.50. The smallest absolute Gasteiger partial charge is 0.410 e. The van der Waals surface area contributed by atoms with Crippen molar-refractivity contribution in [3.05, 3.63) is 0 Å². The number of likely N-dealkylation sites (tertiary alicyclic amines) is 1. The van der Waals surface area contributed by atoms with E-state index >= 15 is 0 Å². The molecule has 116 valence electrons. The van der Waals surface area contributed by atoms with Gasteiger partial charge in [-0.05, 0) is 71.1 Å². The van der Waals surface area contributed by atoms with E-state index in [-0.39, 0.29) is 11.7 Å². The van der Waals surface area contributed by atoms with Gasteiger partial charge in [-0.15, -0.1) is 0 Å². The molecule has 3 nitrogen and oxygen atoms in total. The van der Waals surface area contributed by atoms with Gasteiger partial charge >= 0.3 is 6.09 Å². The summed E-state index contributed by atoms with van der Waals surface area (Å²) in [7, 11) is 0. The molecule has 1 amide bonds. The molecule has 0 aromatic carbocycles. The lowest BCUT2D eigenvalue weighted by molar-refractivity contribution is 0.0149. The minimum atomic E-state index is -0.387. The molecule has 1 saturated heterocycles. The van der Waals surface area contributed by atoms with Gasteiger partial charge in [0.1, 0.15) is 5.60 Å². The van der Waals surface area contributed by atoms with E-state index in [1.807, 2.05) is 25.7 Å². The number of halogens is 1. The van der Waals surface area contributed by atoms with E-state index in [0.717, 1.165) is 42.6 Å². The fourth-order valence-electron chi connectivity index (χ4n) is 3.43. The number of amides is 1. The van der Waals surface area contributed by atoms with Crippen molar-refractivity contribution in [2.45, 2.75) is 69.7 Å². The number of hydrogen-bond acceptors (Lipinski definition) is 2. The molecule has 0 aromatic rings. The Kier molecular flexibility index (Phi) is 5.38. The fraction of sp³-hybridized carbons (Fsp3) is 0.938. The molecular formula is C16H28BrNO2. The van der Waals surface area contributed by atoms with Crippen molar-refractivity contribution in [3.8, 4) is 0 Å². The molecule has 2 aliphatic rings. The molecule has 0 aromatic heterocycles. The number of hydrogen-bond donors (Lipinski definition) is 0. The largest absolute Gasteiger partial charge is 0.444 e. The maximum atomic E-state index is 12.0. The Morgan fingerprint density at radius 1 is 1.00 bits per heavy atom. The summed E-state index contributed by atoms with van der Waals surface area (Å²) in [5.41, 5.74) is -0.387. The predicted molar refractivity (Wildman–Crippen MR) is 85.2 cm³/mol. The Hall–Kier alpha value is -0.250. The number of rotatable bonds is 1. The van der Waals surface area contributed by atoms with Crippen LogP contribution in [0.2, 0.25) is 0 Å². The summed E-state index contributed by atoms with van der Waals surface area (Å²) in [5, 5.41) is 0. The van der Waals surface area contributed by atoms with Gasteiger partial charge in [-0.2, -0.15) is 0 Å². The first-order valence-electron chi connectivity index (χ1n) is 7.97. The Bertz CT molecular complexity index is 324. The summed E-state index contributed by atoms with van der Waals surface area (Å²) in [5.74, 6) is 1.69. The van der Waals surface area contributed by atoms with Crippen molar-refractivity contribution >= 4 is 22.0 Å². The van der Waals surface area contributed by atoms with Crippen LogP contribution in [-0.2, 0) is 4.74 Å². The van der Waals surface area contributed by atoms with Gasteiger partial charge in [-0.1, -0.05) is 15.9 Å².